The average molecular weight is 220 g/mol. The molecule has 1 rings (SSSR count). The van der Waals surface area contributed by atoms with Gasteiger partial charge in [0.15, 0.2) is 0 Å². The van der Waals surface area contributed by atoms with Gasteiger partial charge in [-0.15, -0.1) is 0 Å². The van der Waals surface area contributed by atoms with E-state index in [4.69, 9.17) is 11.5 Å². The molecule has 0 atom stereocenters. The zero-order chi connectivity index (χ0) is 11.8. The number of unbranched alkanes of at least 4 members (excludes halogenated alkanes) is 2. The van der Waals surface area contributed by atoms with Crippen LogP contribution in [0.25, 0.3) is 6.08 Å². The van der Waals surface area contributed by atoms with Crippen molar-refractivity contribution in [2.75, 3.05) is 6.54 Å². The SMILES string of the molecule is NCCCCCC(N)=Cc1ccccc1O. The van der Waals surface area contributed by atoms with Crippen molar-refractivity contribution in [3.63, 3.8) is 0 Å². The molecule has 0 aliphatic heterocycles. The zero-order valence-corrected chi connectivity index (χ0v) is 9.52. The second-order valence-corrected chi connectivity index (χ2v) is 3.88. The monoisotopic (exact) mass is 220 g/mol. The van der Waals surface area contributed by atoms with Crippen molar-refractivity contribution in [1.82, 2.24) is 0 Å². The molecular weight excluding hydrogens is 200 g/mol. The lowest BCUT2D eigenvalue weighted by Crippen LogP contribution is -2.00. The third-order valence-corrected chi connectivity index (χ3v) is 2.45. The molecule has 0 heterocycles. The van der Waals surface area contributed by atoms with Gasteiger partial charge in [-0.2, -0.15) is 0 Å². The summed E-state index contributed by atoms with van der Waals surface area (Å²) < 4.78 is 0. The van der Waals surface area contributed by atoms with Crippen molar-refractivity contribution in [3.05, 3.63) is 35.5 Å². The Hall–Kier alpha value is -1.48. The maximum Gasteiger partial charge on any atom is 0.122 e. The van der Waals surface area contributed by atoms with Gasteiger partial charge in [0.2, 0.25) is 0 Å². The first kappa shape index (κ1) is 12.6. The number of para-hydroxylation sites is 1. The summed E-state index contributed by atoms with van der Waals surface area (Å²) in [5.41, 5.74) is 12.9. The highest BCUT2D eigenvalue weighted by atomic mass is 16.3. The van der Waals surface area contributed by atoms with Crippen LogP contribution in [-0.4, -0.2) is 11.7 Å². The smallest absolute Gasteiger partial charge is 0.122 e. The number of aromatic hydroxyl groups is 1. The van der Waals surface area contributed by atoms with E-state index < -0.39 is 0 Å². The highest BCUT2D eigenvalue weighted by Gasteiger charge is 1.97. The third kappa shape index (κ3) is 4.36. The van der Waals surface area contributed by atoms with Gasteiger partial charge in [0, 0.05) is 11.3 Å². The van der Waals surface area contributed by atoms with E-state index in [1.807, 2.05) is 18.2 Å². The predicted octanol–water partition coefficient (Wildman–Crippen LogP) is 2.21. The maximum absolute atomic E-state index is 9.55. The summed E-state index contributed by atoms with van der Waals surface area (Å²) in [4.78, 5) is 0. The molecule has 3 heteroatoms. The Morgan fingerprint density at radius 2 is 1.94 bits per heavy atom. The molecule has 1 aromatic rings. The maximum atomic E-state index is 9.55. The summed E-state index contributed by atoms with van der Waals surface area (Å²) in [6.07, 6.45) is 5.88. The van der Waals surface area contributed by atoms with Crippen LogP contribution in [0.15, 0.2) is 30.0 Å². The lowest BCUT2D eigenvalue weighted by Gasteiger charge is -2.03. The van der Waals surface area contributed by atoms with E-state index in [-0.39, 0.29) is 5.75 Å². The molecule has 1 aromatic carbocycles. The van der Waals surface area contributed by atoms with Gasteiger partial charge in [-0.3, -0.25) is 0 Å². The fourth-order valence-corrected chi connectivity index (χ4v) is 1.53. The van der Waals surface area contributed by atoms with Crippen molar-refractivity contribution < 1.29 is 5.11 Å². The third-order valence-electron chi connectivity index (χ3n) is 2.45. The molecule has 0 radical (unpaired) electrons. The molecule has 88 valence electrons. The Labute approximate surface area is 96.8 Å². The molecule has 0 aliphatic rings. The first-order valence-corrected chi connectivity index (χ1v) is 5.68. The van der Waals surface area contributed by atoms with Gasteiger partial charge in [0.05, 0.1) is 0 Å². The Kier molecular flexibility index (Phi) is 5.43. The number of hydrogen-bond acceptors (Lipinski definition) is 3. The van der Waals surface area contributed by atoms with Gasteiger partial charge in [-0.05, 0) is 37.9 Å². The average Bonchev–Trinajstić information content (AvgIpc) is 2.28. The fraction of sp³-hybridized carbons (Fsp3) is 0.385. The number of phenolic OH excluding ortho intramolecular Hbond substituents is 1. The Morgan fingerprint density at radius 1 is 1.19 bits per heavy atom. The second kappa shape index (κ2) is 6.90. The van der Waals surface area contributed by atoms with Crippen molar-refractivity contribution in [1.29, 1.82) is 0 Å². The number of phenols is 1. The minimum Gasteiger partial charge on any atom is -0.507 e. The number of nitrogens with two attached hydrogens (primary N) is 2. The molecule has 0 aliphatic carbocycles. The van der Waals surface area contributed by atoms with Gasteiger partial charge in [0.1, 0.15) is 5.75 Å². The van der Waals surface area contributed by atoms with Crippen molar-refractivity contribution in [2.24, 2.45) is 11.5 Å². The van der Waals surface area contributed by atoms with Crippen LogP contribution in [0.4, 0.5) is 0 Å². The van der Waals surface area contributed by atoms with Gasteiger partial charge in [0.25, 0.3) is 0 Å². The molecule has 5 N–H and O–H groups in total. The van der Waals surface area contributed by atoms with E-state index in [0.29, 0.717) is 0 Å². The number of allylic oxidation sites excluding steroid dienone is 1. The van der Waals surface area contributed by atoms with Crippen LogP contribution < -0.4 is 11.5 Å². The van der Waals surface area contributed by atoms with Crippen LogP contribution in [0.2, 0.25) is 0 Å². The lowest BCUT2D eigenvalue weighted by atomic mass is 10.1. The Morgan fingerprint density at radius 3 is 2.62 bits per heavy atom. The van der Waals surface area contributed by atoms with E-state index >= 15 is 0 Å². The molecule has 0 saturated carbocycles. The Bertz CT molecular complexity index is 348. The van der Waals surface area contributed by atoms with Crippen molar-refractivity contribution >= 4 is 6.08 Å². The fourth-order valence-electron chi connectivity index (χ4n) is 1.53. The molecule has 0 saturated heterocycles. The molecule has 0 spiro atoms. The molecule has 16 heavy (non-hydrogen) atoms. The van der Waals surface area contributed by atoms with E-state index in [2.05, 4.69) is 0 Å². The van der Waals surface area contributed by atoms with E-state index in [9.17, 15) is 5.11 Å². The van der Waals surface area contributed by atoms with Crippen molar-refractivity contribution in [3.8, 4) is 5.75 Å². The molecule has 0 amide bonds. The predicted molar refractivity (Wildman–Crippen MR) is 67.8 cm³/mol. The number of rotatable bonds is 6. The van der Waals surface area contributed by atoms with Crippen LogP contribution in [0.1, 0.15) is 31.2 Å². The van der Waals surface area contributed by atoms with Crippen LogP contribution >= 0.6 is 0 Å². The van der Waals surface area contributed by atoms with Crippen LogP contribution in [0.3, 0.4) is 0 Å². The summed E-state index contributed by atoms with van der Waals surface area (Å²) >= 11 is 0. The van der Waals surface area contributed by atoms with E-state index in [1.54, 1.807) is 12.1 Å². The summed E-state index contributed by atoms with van der Waals surface area (Å²) in [6.45, 7) is 0.739. The van der Waals surface area contributed by atoms with E-state index in [0.717, 1.165) is 43.5 Å². The molecule has 0 bridgehead atoms. The Balaban J connectivity index is 2.47. The number of benzene rings is 1. The minimum absolute atomic E-state index is 0.271. The second-order valence-electron chi connectivity index (χ2n) is 3.88. The minimum atomic E-state index is 0.271. The van der Waals surface area contributed by atoms with Gasteiger partial charge in [-0.25, -0.2) is 0 Å². The standard InChI is InChI=1S/C13H20N2O/c14-9-5-1-2-7-12(15)10-11-6-3-4-8-13(11)16/h3-4,6,8,10,16H,1-2,5,7,9,14-15H2. The van der Waals surface area contributed by atoms with Crippen LogP contribution in [0.5, 0.6) is 5.75 Å². The topological polar surface area (TPSA) is 72.3 Å². The highest BCUT2D eigenvalue weighted by Crippen LogP contribution is 2.19. The number of hydrogen-bond donors (Lipinski definition) is 3. The summed E-state index contributed by atoms with van der Waals surface area (Å²) in [6, 6.07) is 7.19. The van der Waals surface area contributed by atoms with E-state index in [1.165, 1.54) is 0 Å². The molecule has 0 aromatic heterocycles. The molecule has 0 fully saturated rings. The zero-order valence-electron chi connectivity index (χ0n) is 9.52. The summed E-state index contributed by atoms with van der Waals surface area (Å²) in [7, 11) is 0. The van der Waals surface area contributed by atoms with Crippen LogP contribution in [-0.2, 0) is 0 Å². The van der Waals surface area contributed by atoms with Crippen LogP contribution in [0, 0.1) is 0 Å². The highest BCUT2D eigenvalue weighted by molar-refractivity contribution is 5.58. The van der Waals surface area contributed by atoms with Crippen molar-refractivity contribution in [2.45, 2.75) is 25.7 Å². The van der Waals surface area contributed by atoms with Gasteiger partial charge >= 0.3 is 0 Å². The van der Waals surface area contributed by atoms with Gasteiger partial charge < -0.3 is 16.6 Å². The first-order chi connectivity index (χ1) is 7.74. The molecule has 3 nitrogen and oxygen atoms in total. The first-order valence-electron chi connectivity index (χ1n) is 5.68. The normalized spacial score (nSPS) is 11.7. The molecule has 0 unspecified atom stereocenters. The summed E-state index contributed by atoms with van der Waals surface area (Å²) in [5.74, 6) is 0.271. The lowest BCUT2D eigenvalue weighted by molar-refractivity contribution is 0.474. The molecular formula is C13H20N2O. The summed E-state index contributed by atoms with van der Waals surface area (Å²) in [5, 5.41) is 9.55. The van der Waals surface area contributed by atoms with Gasteiger partial charge in [-0.1, -0.05) is 24.6 Å². The quantitative estimate of drug-likeness (QED) is 0.644. The largest absolute Gasteiger partial charge is 0.507 e.